The zero-order valence-corrected chi connectivity index (χ0v) is 9.37. The van der Waals surface area contributed by atoms with Gasteiger partial charge in [0, 0.05) is 12.4 Å². The fourth-order valence-electron chi connectivity index (χ4n) is 1.38. The Labute approximate surface area is 99.2 Å². The van der Waals surface area contributed by atoms with Crippen LogP contribution in [0.1, 0.15) is 0 Å². The van der Waals surface area contributed by atoms with Crippen molar-refractivity contribution in [3.63, 3.8) is 0 Å². The molecule has 2 aromatic heterocycles. The molecule has 0 fully saturated rings. The molecule has 0 radical (unpaired) electrons. The number of nitrogens with zero attached hydrogens (tertiary/aromatic N) is 2. The van der Waals surface area contributed by atoms with Crippen LogP contribution in [0, 0.1) is 0 Å². The second kappa shape index (κ2) is 4.50. The molecule has 0 saturated carbocycles. The Hall–Kier alpha value is -1.34. The lowest BCUT2D eigenvalue weighted by Crippen LogP contribution is -2.32. The van der Waals surface area contributed by atoms with Crippen LogP contribution in [0.15, 0.2) is 29.9 Å². The Kier molecular flexibility index (Phi) is 3.21. The second-order valence-electron chi connectivity index (χ2n) is 3.44. The number of thiophene rings is 1. The summed E-state index contributed by atoms with van der Waals surface area (Å²) in [5.41, 5.74) is 0. The summed E-state index contributed by atoms with van der Waals surface area (Å²) in [5, 5.41) is 10.8. The third-order valence-corrected chi connectivity index (χ3v) is 3.07. The summed E-state index contributed by atoms with van der Waals surface area (Å²) in [5.74, 6) is 0.434. The van der Waals surface area contributed by atoms with Gasteiger partial charge in [-0.1, -0.05) is 6.07 Å². The standard InChI is InChI=1S/C10H9F3N2OS/c11-10(12,13)8(16)6-15-4-3-14-9(15)7-2-1-5-17-7/h1-5,8,16H,6H2. The van der Waals surface area contributed by atoms with E-state index in [9.17, 15) is 13.2 Å². The van der Waals surface area contributed by atoms with Crippen LogP contribution >= 0.6 is 11.3 Å². The molecular formula is C10H9F3N2OS. The summed E-state index contributed by atoms with van der Waals surface area (Å²) in [6.07, 6.45) is -4.16. The molecule has 3 nitrogen and oxygen atoms in total. The molecule has 0 amide bonds. The summed E-state index contributed by atoms with van der Waals surface area (Å²) in [4.78, 5) is 4.76. The Morgan fingerprint density at radius 2 is 2.24 bits per heavy atom. The van der Waals surface area contributed by atoms with E-state index >= 15 is 0 Å². The molecule has 0 aliphatic carbocycles. The quantitative estimate of drug-likeness (QED) is 0.923. The van der Waals surface area contributed by atoms with E-state index in [-0.39, 0.29) is 0 Å². The highest BCUT2D eigenvalue weighted by atomic mass is 32.1. The molecule has 1 N–H and O–H groups in total. The predicted molar refractivity (Wildman–Crippen MR) is 57.6 cm³/mol. The molecule has 0 aromatic carbocycles. The lowest BCUT2D eigenvalue weighted by Gasteiger charge is -2.16. The van der Waals surface area contributed by atoms with E-state index in [0.717, 1.165) is 4.88 Å². The van der Waals surface area contributed by atoms with Crippen LogP contribution in [0.5, 0.6) is 0 Å². The van der Waals surface area contributed by atoms with Gasteiger partial charge >= 0.3 is 6.18 Å². The maximum atomic E-state index is 12.2. The fourth-order valence-corrected chi connectivity index (χ4v) is 2.11. The van der Waals surface area contributed by atoms with Gasteiger partial charge in [0.05, 0.1) is 11.4 Å². The molecule has 92 valence electrons. The van der Waals surface area contributed by atoms with Gasteiger partial charge in [-0.3, -0.25) is 0 Å². The number of alkyl halides is 3. The molecule has 1 unspecified atom stereocenters. The van der Waals surface area contributed by atoms with Crippen LogP contribution in [0.25, 0.3) is 10.7 Å². The van der Waals surface area contributed by atoms with Crippen molar-refractivity contribution in [2.45, 2.75) is 18.8 Å². The van der Waals surface area contributed by atoms with Crippen molar-refractivity contribution in [3.8, 4) is 10.7 Å². The SMILES string of the molecule is OC(Cn1ccnc1-c1cccs1)C(F)(F)F. The summed E-state index contributed by atoms with van der Waals surface area (Å²) in [6.45, 7) is -0.545. The first-order valence-corrected chi connectivity index (χ1v) is 5.66. The first-order chi connectivity index (χ1) is 7.98. The lowest BCUT2D eigenvalue weighted by atomic mass is 10.3. The van der Waals surface area contributed by atoms with Crippen molar-refractivity contribution in [3.05, 3.63) is 29.9 Å². The van der Waals surface area contributed by atoms with Crippen molar-refractivity contribution in [2.75, 3.05) is 0 Å². The normalized spacial score (nSPS) is 13.9. The van der Waals surface area contributed by atoms with Gasteiger partial charge in [-0.2, -0.15) is 13.2 Å². The minimum Gasteiger partial charge on any atom is -0.382 e. The smallest absolute Gasteiger partial charge is 0.382 e. The number of hydrogen-bond donors (Lipinski definition) is 1. The van der Waals surface area contributed by atoms with Crippen LogP contribution in [0.2, 0.25) is 0 Å². The molecule has 2 rings (SSSR count). The third-order valence-electron chi connectivity index (χ3n) is 2.20. The fraction of sp³-hybridized carbons (Fsp3) is 0.300. The summed E-state index contributed by atoms with van der Waals surface area (Å²) < 4.78 is 38.0. The topological polar surface area (TPSA) is 38.0 Å². The minimum absolute atomic E-state index is 0.434. The van der Waals surface area contributed by atoms with Gasteiger partial charge in [-0.15, -0.1) is 11.3 Å². The molecule has 0 bridgehead atoms. The van der Waals surface area contributed by atoms with E-state index in [0.29, 0.717) is 5.82 Å². The third kappa shape index (κ3) is 2.67. The Morgan fingerprint density at radius 3 is 2.82 bits per heavy atom. The minimum atomic E-state index is -4.61. The zero-order valence-electron chi connectivity index (χ0n) is 8.55. The number of hydrogen-bond acceptors (Lipinski definition) is 3. The molecule has 7 heteroatoms. The molecule has 0 saturated heterocycles. The van der Waals surface area contributed by atoms with Crippen LogP contribution in [0.3, 0.4) is 0 Å². The first kappa shape index (κ1) is 12.1. The van der Waals surface area contributed by atoms with Crippen LogP contribution < -0.4 is 0 Å². The second-order valence-corrected chi connectivity index (χ2v) is 4.39. The van der Waals surface area contributed by atoms with E-state index in [1.165, 1.54) is 28.3 Å². The van der Waals surface area contributed by atoms with Crippen LogP contribution in [-0.4, -0.2) is 26.9 Å². The van der Waals surface area contributed by atoms with Crippen molar-refractivity contribution in [1.29, 1.82) is 0 Å². The maximum Gasteiger partial charge on any atom is 0.416 e. The van der Waals surface area contributed by atoms with Gasteiger partial charge in [0.2, 0.25) is 0 Å². The average Bonchev–Trinajstić information content (AvgIpc) is 2.83. The van der Waals surface area contributed by atoms with Crippen LogP contribution in [0.4, 0.5) is 13.2 Å². The van der Waals surface area contributed by atoms with Crippen molar-refractivity contribution in [1.82, 2.24) is 9.55 Å². The van der Waals surface area contributed by atoms with Gasteiger partial charge in [0.25, 0.3) is 0 Å². The number of aromatic nitrogens is 2. The molecule has 0 spiro atoms. The Morgan fingerprint density at radius 1 is 1.47 bits per heavy atom. The van der Waals surface area contributed by atoms with Crippen molar-refractivity contribution >= 4 is 11.3 Å². The van der Waals surface area contributed by atoms with Gasteiger partial charge in [0.1, 0.15) is 5.82 Å². The summed E-state index contributed by atoms with van der Waals surface area (Å²) >= 11 is 1.38. The van der Waals surface area contributed by atoms with Crippen molar-refractivity contribution < 1.29 is 18.3 Å². The highest BCUT2D eigenvalue weighted by Crippen LogP contribution is 2.26. The molecule has 1 atom stereocenters. The highest BCUT2D eigenvalue weighted by Gasteiger charge is 2.38. The largest absolute Gasteiger partial charge is 0.416 e. The van der Waals surface area contributed by atoms with Gasteiger partial charge in [-0.05, 0) is 11.4 Å². The average molecular weight is 262 g/mol. The van der Waals surface area contributed by atoms with Crippen LogP contribution in [-0.2, 0) is 6.54 Å². The summed E-state index contributed by atoms with van der Waals surface area (Å²) in [7, 11) is 0. The first-order valence-electron chi connectivity index (χ1n) is 4.78. The van der Waals surface area contributed by atoms with Crippen molar-refractivity contribution in [2.24, 2.45) is 0 Å². The number of aliphatic hydroxyl groups is 1. The number of rotatable bonds is 3. The molecule has 2 heterocycles. The van der Waals surface area contributed by atoms with E-state index in [1.54, 1.807) is 12.1 Å². The molecule has 0 aliphatic rings. The molecule has 17 heavy (non-hydrogen) atoms. The van der Waals surface area contributed by atoms with Gasteiger partial charge < -0.3 is 9.67 Å². The lowest BCUT2D eigenvalue weighted by molar-refractivity contribution is -0.207. The Balaban J connectivity index is 2.21. The molecule has 2 aromatic rings. The van der Waals surface area contributed by atoms with E-state index in [1.807, 2.05) is 5.38 Å². The van der Waals surface area contributed by atoms with Gasteiger partial charge in [-0.25, -0.2) is 4.98 Å². The van der Waals surface area contributed by atoms with E-state index in [2.05, 4.69) is 4.98 Å². The number of aliphatic hydroxyl groups excluding tert-OH is 1. The zero-order chi connectivity index (χ0) is 12.5. The number of imidazole rings is 1. The Bertz CT molecular complexity index is 478. The maximum absolute atomic E-state index is 12.2. The number of halogens is 3. The van der Waals surface area contributed by atoms with Gasteiger partial charge in [0.15, 0.2) is 6.10 Å². The van der Waals surface area contributed by atoms with E-state index in [4.69, 9.17) is 5.11 Å². The summed E-state index contributed by atoms with van der Waals surface area (Å²) in [6, 6.07) is 3.56. The molecule has 0 aliphatic heterocycles. The monoisotopic (exact) mass is 262 g/mol. The molecular weight excluding hydrogens is 253 g/mol. The highest BCUT2D eigenvalue weighted by molar-refractivity contribution is 7.13. The van der Waals surface area contributed by atoms with E-state index < -0.39 is 18.8 Å². The predicted octanol–water partition coefficient (Wildman–Crippen LogP) is 2.53.